The van der Waals surface area contributed by atoms with Crippen LogP contribution in [-0.4, -0.2) is 53.9 Å². The van der Waals surface area contributed by atoms with Gasteiger partial charge in [-0.1, -0.05) is 35.9 Å². The van der Waals surface area contributed by atoms with E-state index in [9.17, 15) is 14.0 Å². The first-order chi connectivity index (χ1) is 21.9. The number of halogens is 2. The molecule has 0 fully saturated rings. The first kappa shape index (κ1) is 29.5. The molecule has 11 nitrogen and oxygen atoms in total. The predicted molar refractivity (Wildman–Crippen MR) is 168 cm³/mol. The summed E-state index contributed by atoms with van der Waals surface area (Å²) in [7, 11) is 0. The quantitative estimate of drug-likeness (QED) is 0.202. The van der Waals surface area contributed by atoms with Crippen LogP contribution in [0, 0.1) is 5.82 Å². The summed E-state index contributed by atoms with van der Waals surface area (Å²) in [4.78, 5) is 41.5. The number of aromatic nitrogens is 6. The summed E-state index contributed by atoms with van der Waals surface area (Å²) in [6.45, 7) is 4.09. The van der Waals surface area contributed by atoms with E-state index in [-0.39, 0.29) is 17.4 Å². The van der Waals surface area contributed by atoms with Crippen molar-refractivity contribution in [2.75, 3.05) is 18.5 Å². The molecule has 13 heteroatoms. The molecule has 0 spiro atoms. The SMILES string of the molecule is CCOC(=O)c1cccc2c1nc(Cl)c1nccn12.CCOC(=O)c1cccc2c1nc(Nc1ccccc1F)c1nccn12. The zero-order valence-corrected chi connectivity index (χ0v) is 24.8. The van der Waals surface area contributed by atoms with Gasteiger partial charge in [0.25, 0.3) is 0 Å². The van der Waals surface area contributed by atoms with Gasteiger partial charge in [-0.3, -0.25) is 8.80 Å². The van der Waals surface area contributed by atoms with Crippen LogP contribution in [-0.2, 0) is 9.47 Å². The van der Waals surface area contributed by atoms with E-state index < -0.39 is 17.8 Å². The molecule has 0 atom stereocenters. The Balaban J connectivity index is 0.000000167. The van der Waals surface area contributed by atoms with Crippen LogP contribution in [0.1, 0.15) is 34.6 Å². The van der Waals surface area contributed by atoms with E-state index in [4.69, 9.17) is 21.1 Å². The molecule has 0 saturated heterocycles. The summed E-state index contributed by atoms with van der Waals surface area (Å²) in [5.74, 6) is -0.917. The number of ether oxygens (including phenoxy) is 2. The van der Waals surface area contributed by atoms with Crippen molar-refractivity contribution in [2.45, 2.75) is 13.8 Å². The molecule has 4 aromatic heterocycles. The van der Waals surface area contributed by atoms with Crippen molar-refractivity contribution in [3.63, 3.8) is 0 Å². The number of benzene rings is 3. The number of para-hydroxylation sites is 3. The molecule has 0 saturated carbocycles. The number of fused-ring (bicyclic) bond motifs is 6. The lowest BCUT2D eigenvalue weighted by atomic mass is 10.1. The summed E-state index contributed by atoms with van der Waals surface area (Å²) >= 11 is 6.08. The Morgan fingerprint density at radius 2 is 1.33 bits per heavy atom. The van der Waals surface area contributed by atoms with Crippen LogP contribution >= 0.6 is 11.6 Å². The molecule has 226 valence electrons. The van der Waals surface area contributed by atoms with E-state index in [2.05, 4.69) is 25.3 Å². The predicted octanol–water partition coefficient (Wildman–Crippen LogP) is 6.65. The molecule has 0 aliphatic carbocycles. The van der Waals surface area contributed by atoms with Crippen molar-refractivity contribution in [1.29, 1.82) is 0 Å². The number of hydrogen-bond acceptors (Lipinski definition) is 9. The first-order valence-corrected chi connectivity index (χ1v) is 14.3. The molecule has 3 aromatic carbocycles. The third kappa shape index (κ3) is 5.58. The van der Waals surface area contributed by atoms with Gasteiger partial charge >= 0.3 is 11.9 Å². The van der Waals surface area contributed by atoms with Crippen molar-refractivity contribution < 1.29 is 23.5 Å². The van der Waals surface area contributed by atoms with E-state index in [1.165, 1.54) is 6.07 Å². The highest BCUT2D eigenvalue weighted by molar-refractivity contribution is 6.32. The maximum Gasteiger partial charge on any atom is 0.340 e. The molecular formula is C32H25ClFN7O4. The summed E-state index contributed by atoms with van der Waals surface area (Å²) < 4.78 is 27.8. The van der Waals surface area contributed by atoms with Crippen LogP contribution in [0.5, 0.6) is 0 Å². The third-order valence-corrected chi connectivity index (χ3v) is 7.03. The van der Waals surface area contributed by atoms with Crippen LogP contribution in [0.4, 0.5) is 15.9 Å². The lowest BCUT2D eigenvalue weighted by molar-refractivity contribution is 0.0518. The van der Waals surface area contributed by atoms with E-state index in [1.807, 2.05) is 12.1 Å². The summed E-state index contributed by atoms with van der Waals surface area (Å²) in [5.41, 5.74) is 4.56. The maximum absolute atomic E-state index is 14.0. The van der Waals surface area contributed by atoms with Gasteiger partial charge in [0.1, 0.15) is 16.9 Å². The highest BCUT2D eigenvalue weighted by Crippen LogP contribution is 2.27. The minimum atomic E-state index is -0.457. The summed E-state index contributed by atoms with van der Waals surface area (Å²) in [6.07, 6.45) is 6.81. The number of esters is 2. The van der Waals surface area contributed by atoms with Crippen LogP contribution in [0.2, 0.25) is 5.15 Å². The van der Waals surface area contributed by atoms with E-state index in [0.29, 0.717) is 51.4 Å². The fourth-order valence-corrected chi connectivity index (χ4v) is 5.07. The smallest absolute Gasteiger partial charge is 0.340 e. The zero-order valence-electron chi connectivity index (χ0n) is 24.1. The molecule has 7 rings (SSSR count). The minimum absolute atomic E-state index is 0.259. The van der Waals surface area contributed by atoms with Crippen LogP contribution in [0.15, 0.2) is 85.5 Å². The standard InChI is InChI=1S/C19H15FN4O2.C13H10ClN3O2/c1-2-26-19(25)12-6-5-9-15-16(12)23-17(18-21-10-11-24(15)18)22-14-8-4-3-7-13(14)20;1-2-19-13(18)8-4-3-5-9-10(8)16-11(14)12-15-6-7-17(9)12/h3-11H,2H2,1H3,(H,22,23);3-7H,2H2,1H3. The van der Waals surface area contributed by atoms with Crippen molar-refractivity contribution in [1.82, 2.24) is 28.7 Å². The fourth-order valence-electron chi connectivity index (χ4n) is 4.84. The second kappa shape index (κ2) is 12.5. The van der Waals surface area contributed by atoms with Gasteiger partial charge in [-0.25, -0.2) is 33.9 Å². The highest BCUT2D eigenvalue weighted by atomic mass is 35.5. The number of rotatable bonds is 6. The summed E-state index contributed by atoms with van der Waals surface area (Å²) in [5, 5.41) is 3.23. The molecule has 0 radical (unpaired) electrons. The van der Waals surface area contributed by atoms with Gasteiger partial charge in [0.2, 0.25) is 0 Å². The molecule has 7 aromatic rings. The van der Waals surface area contributed by atoms with Gasteiger partial charge in [-0.15, -0.1) is 0 Å². The second-order valence-electron chi connectivity index (χ2n) is 9.50. The van der Waals surface area contributed by atoms with Gasteiger partial charge in [0.15, 0.2) is 22.3 Å². The molecule has 1 N–H and O–H groups in total. The number of nitrogens with one attached hydrogen (secondary N) is 1. The zero-order chi connectivity index (χ0) is 31.5. The van der Waals surface area contributed by atoms with Gasteiger partial charge < -0.3 is 14.8 Å². The number of carbonyl (C=O) groups is 2. The number of carbonyl (C=O) groups excluding carboxylic acids is 2. The molecule has 0 bridgehead atoms. The molecule has 0 unspecified atom stereocenters. The number of imidazole rings is 2. The van der Waals surface area contributed by atoms with Gasteiger partial charge in [0, 0.05) is 24.8 Å². The largest absolute Gasteiger partial charge is 0.462 e. The third-order valence-electron chi connectivity index (χ3n) is 6.78. The molecular weight excluding hydrogens is 601 g/mol. The topological polar surface area (TPSA) is 125 Å². The highest BCUT2D eigenvalue weighted by Gasteiger charge is 2.18. The van der Waals surface area contributed by atoms with E-state index in [1.54, 1.807) is 89.9 Å². The Hall–Kier alpha value is -5.62. The van der Waals surface area contributed by atoms with Crippen molar-refractivity contribution in [2.24, 2.45) is 0 Å². The average Bonchev–Trinajstić information content (AvgIpc) is 3.74. The Morgan fingerprint density at radius 1 is 0.778 bits per heavy atom. The van der Waals surface area contributed by atoms with Crippen molar-refractivity contribution in [3.05, 3.63) is 108 Å². The molecule has 4 heterocycles. The van der Waals surface area contributed by atoms with Crippen molar-refractivity contribution >= 4 is 68.4 Å². The Morgan fingerprint density at radius 3 is 1.93 bits per heavy atom. The minimum Gasteiger partial charge on any atom is -0.462 e. The first-order valence-electron chi connectivity index (χ1n) is 13.9. The molecule has 45 heavy (non-hydrogen) atoms. The average molecular weight is 626 g/mol. The Bertz CT molecular complexity index is 2220. The van der Waals surface area contributed by atoms with Crippen LogP contribution in [0.25, 0.3) is 33.4 Å². The van der Waals surface area contributed by atoms with Gasteiger partial charge in [-0.05, 0) is 50.2 Å². The van der Waals surface area contributed by atoms with Gasteiger partial charge in [0.05, 0.1) is 41.1 Å². The Kier molecular flexibility index (Phi) is 8.21. The van der Waals surface area contributed by atoms with Crippen molar-refractivity contribution in [3.8, 4) is 0 Å². The molecule has 0 amide bonds. The lowest BCUT2D eigenvalue weighted by Gasteiger charge is -2.12. The normalized spacial score (nSPS) is 11.0. The maximum atomic E-state index is 14.0. The monoisotopic (exact) mass is 625 g/mol. The number of nitrogens with zero attached hydrogens (tertiary/aromatic N) is 6. The number of anilines is 2. The van der Waals surface area contributed by atoms with E-state index >= 15 is 0 Å². The fraction of sp³-hybridized carbons (Fsp3) is 0.125. The van der Waals surface area contributed by atoms with Crippen LogP contribution < -0.4 is 5.32 Å². The summed E-state index contributed by atoms with van der Waals surface area (Å²) in [6, 6.07) is 16.9. The second-order valence-corrected chi connectivity index (χ2v) is 9.86. The Labute approximate surface area is 260 Å². The van der Waals surface area contributed by atoms with E-state index in [0.717, 1.165) is 5.52 Å². The lowest BCUT2D eigenvalue weighted by Crippen LogP contribution is -2.08. The number of hydrogen-bond donors (Lipinski definition) is 1. The molecule has 0 aliphatic heterocycles. The van der Waals surface area contributed by atoms with Gasteiger partial charge in [-0.2, -0.15) is 0 Å². The molecule has 0 aliphatic rings. The van der Waals surface area contributed by atoms with Crippen LogP contribution in [0.3, 0.4) is 0 Å².